The van der Waals surface area contributed by atoms with E-state index in [2.05, 4.69) is 67.0 Å². The summed E-state index contributed by atoms with van der Waals surface area (Å²) in [5.41, 5.74) is 4.09. The van der Waals surface area contributed by atoms with Gasteiger partial charge >= 0.3 is 0 Å². The zero-order chi connectivity index (χ0) is 13.8. The summed E-state index contributed by atoms with van der Waals surface area (Å²) < 4.78 is 5.88. The maximum absolute atomic E-state index is 5.88. The minimum absolute atomic E-state index is 0.147. The summed E-state index contributed by atoms with van der Waals surface area (Å²) in [4.78, 5) is 0.147. The fourth-order valence-electron chi connectivity index (χ4n) is 2.30. The van der Waals surface area contributed by atoms with E-state index in [9.17, 15) is 0 Å². The van der Waals surface area contributed by atoms with Gasteiger partial charge < -0.3 is 4.42 Å². The average Bonchev–Trinajstić information content (AvgIpc) is 2.94. The molecule has 0 saturated heterocycles. The molecular formula is C17H21BrO. The van der Waals surface area contributed by atoms with Gasteiger partial charge in [0, 0.05) is 6.42 Å². The normalized spacial score (nSPS) is 12.6. The highest BCUT2D eigenvalue weighted by atomic mass is 79.9. The number of hydrogen-bond donors (Lipinski definition) is 0. The third kappa shape index (κ3) is 3.11. The Bertz CT molecular complexity index is 542. The second-order valence-electron chi connectivity index (χ2n) is 4.76. The highest BCUT2D eigenvalue weighted by molar-refractivity contribution is 9.09. The van der Waals surface area contributed by atoms with Gasteiger partial charge in [-0.3, -0.25) is 0 Å². The Kier molecular flexibility index (Phi) is 4.87. The van der Waals surface area contributed by atoms with Crippen LogP contribution in [0.1, 0.15) is 53.8 Å². The lowest BCUT2D eigenvalue weighted by Crippen LogP contribution is -1.98. The van der Waals surface area contributed by atoms with Crippen molar-refractivity contribution in [3.63, 3.8) is 0 Å². The Morgan fingerprint density at radius 3 is 2.37 bits per heavy atom. The van der Waals surface area contributed by atoms with Crippen molar-refractivity contribution < 1.29 is 4.42 Å². The lowest BCUT2D eigenvalue weighted by Gasteiger charge is -2.14. The summed E-state index contributed by atoms with van der Waals surface area (Å²) in [6, 6.07) is 10.9. The molecule has 1 heterocycles. The smallest absolute Gasteiger partial charge is 0.122 e. The lowest BCUT2D eigenvalue weighted by molar-refractivity contribution is 0.477. The van der Waals surface area contributed by atoms with Crippen LogP contribution in [0.15, 0.2) is 34.7 Å². The maximum atomic E-state index is 5.88. The van der Waals surface area contributed by atoms with Crippen molar-refractivity contribution in [1.82, 2.24) is 0 Å². The van der Waals surface area contributed by atoms with Crippen LogP contribution in [0.2, 0.25) is 0 Å². The Balaban J connectivity index is 2.38. The van der Waals surface area contributed by atoms with Gasteiger partial charge in [-0.15, -0.1) is 0 Å². The van der Waals surface area contributed by atoms with E-state index in [4.69, 9.17) is 4.42 Å². The summed E-state index contributed by atoms with van der Waals surface area (Å²) >= 11 is 3.80. The molecule has 0 aliphatic rings. The van der Waals surface area contributed by atoms with Gasteiger partial charge in [-0.2, -0.15) is 0 Å². The quantitative estimate of drug-likeness (QED) is 0.667. The molecule has 0 fully saturated rings. The second-order valence-corrected chi connectivity index (χ2v) is 5.68. The highest BCUT2D eigenvalue weighted by Crippen LogP contribution is 2.35. The predicted octanol–water partition coefficient (Wildman–Crippen LogP) is 5.45. The highest BCUT2D eigenvalue weighted by Gasteiger charge is 2.17. The largest absolute Gasteiger partial charge is 0.465 e. The van der Waals surface area contributed by atoms with Crippen molar-refractivity contribution in [2.45, 2.75) is 44.9 Å². The Morgan fingerprint density at radius 2 is 1.79 bits per heavy atom. The van der Waals surface area contributed by atoms with Gasteiger partial charge in [0.1, 0.15) is 11.5 Å². The van der Waals surface area contributed by atoms with Crippen molar-refractivity contribution in [2.75, 3.05) is 0 Å². The van der Waals surface area contributed by atoms with Gasteiger partial charge in [-0.05, 0) is 41.7 Å². The maximum Gasteiger partial charge on any atom is 0.122 e. The first-order chi connectivity index (χ1) is 9.19. The van der Waals surface area contributed by atoms with E-state index >= 15 is 0 Å². The zero-order valence-corrected chi connectivity index (χ0v) is 13.5. The molecule has 0 bridgehead atoms. The van der Waals surface area contributed by atoms with E-state index < -0.39 is 0 Å². The van der Waals surface area contributed by atoms with Crippen molar-refractivity contribution in [2.24, 2.45) is 0 Å². The van der Waals surface area contributed by atoms with Crippen LogP contribution in [0, 0.1) is 0 Å². The third-order valence-electron chi connectivity index (χ3n) is 3.55. The van der Waals surface area contributed by atoms with Crippen LogP contribution in [0.5, 0.6) is 0 Å². The minimum atomic E-state index is 0.147. The first-order valence-electron chi connectivity index (χ1n) is 7.03. The number of aryl methyl sites for hydroxylation is 3. The number of benzene rings is 1. The summed E-state index contributed by atoms with van der Waals surface area (Å²) in [5, 5.41) is 0. The van der Waals surface area contributed by atoms with E-state index in [1.807, 2.05) is 0 Å². The summed E-state index contributed by atoms with van der Waals surface area (Å²) in [6.45, 7) is 6.50. The molecule has 102 valence electrons. The zero-order valence-electron chi connectivity index (χ0n) is 11.9. The Hall–Kier alpha value is -1.02. The van der Waals surface area contributed by atoms with Gasteiger partial charge in [-0.25, -0.2) is 0 Å². The third-order valence-corrected chi connectivity index (χ3v) is 4.50. The molecule has 0 radical (unpaired) electrons. The fourth-order valence-corrected chi connectivity index (χ4v) is 2.97. The molecule has 19 heavy (non-hydrogen) atoms. The van der Waals surface area contributed by atoms with E-state index in [1.165, 1.54) is 16.7 Å². The first kappa shape index (κ1) is 14.4. The molecule has 1 aromatic heterocycles. The molecule has 1 aromatic carbocycles. The van der Waals surface area contributed by atoms with Crippen molar-refractivity contribution >= 4 is 15.9 Å². The van der Waals surface area contributed by atoms with Crippen LogP contribution in [-0.2, 0) is 19.3 Å². The number of furan rings is 1. The molecule has 0 saturated carbocycles. The molecule has 1 nitrogen and oxygen atoms in total. The van der Waals surface area contributed by atoms with Crippen molar-refractivity contribution in [3.05, 3.63) is 58.5 Å². The molecule has 0 aliphatic heterocycles. The van der Waals surface area contributed by atoms with Crippen LogP contribution >= 0.6 is 15.9 Å². The number of hydrogen-bond acceptors (Lipinski definition) is 1. The van der Waals surface area contributed by atoms with Gasteiger partial charge in [-0.1, -0.05) is 54.9 Å². The molecule has 2 aromatic rings. The van der Waals surface area contributed by atoms with E-state index in [-0.39, 0.29) is 4.83 Å². The second kappa shape index (κ2) is 6.42. The van der Waals surface area contributed by atoms with Gasteiger partial charge in [0.15, 0.2) is 0 Å². The molecule has 0 amide bonds. The lowest BCUT2D eigenvalue weighted by atomic mass is 9.97. The topological polar surface area (TPSA) is 13.1 Å². The SMILES string of the molecule is CCc1ccc(CC)c(C(Br)c2ccc(CC)o2)c1. The standard InChI is InChI=1S/C17H21BrO/c1-4-12-7-8-13(5-2)15(11-12)17(18)16-10-9-14(6-3)19-16/h7-11,17H,4-6H2,1-3H3. The molecule has 0 spiro atoms. The summed E-state index contributed by atoms with van der Waals surface area (Å²) in [6.07, 6.45) is 3.05. The first-order valence-corrected chi connectivity index (χ1v) is 7.95. The van der Waals surface area contributed by atoms with Crippen LogP contribution in [0.3, 0.4) is 0 Å². The van der Waals surface area contributed by atoms with Crippen LogP contribution in [-0.4, -0.2) is 0 Å². The van der Waals surface area contributed by atoms with E-state index in [1.54, 1.807) is 0 Å². The monoisotopic (exact) mass is 320 g/mol. The molecule has 2 heteroatoms. The number of alkyl halides is 1. The minimum Gasteiger partial charge on any atom is -0.465 e. The molecule has 2 rings (SSSR count). The van der Waals surface area contributed by atoms with Gasteiger partial charge in [0.05, 0.1) is 4.83 Å². The predicted molar refractivity (Wildman–Crippen MR) is 84.1 cm³/mol. The van der Waals surface area contributed by atoms with Crippen molar-refractivity contribution in [3.8, 4) is 0 Å². The van der Waals surface area contributed by atoms with Crippen LogP contribution in [0.25, 0.3) is 0 Å². The number of halogens is 1. The average molecular weight is 321 g/mol. The Morgan fingerprint density at radius 1 is 1.00 bits per heavy atom. The molecule has 0 N–H and O–H groups in total. The van der Waals surface area contributed by atoms with Crippen molar-refractivity contribution in [1.29, 1.82) is 0 Å². The molecule has 1 unspecified atom stereocenters. The van der Waals surface area contributed by atoms with E-state index in [0.29, 0.717) is 0 Å². The fraction of sp³-hybridized carbons (Fsp3) is 0.412. The molecular weight excluding hydrogens is 300 g/mol. The Labute approximate surface area is 124 Å². The summed E-state index contributed by atoms with van der Waals surface area (Å²) in [7, 11) is 0. The molecule has 0 aliphatic carbocycles. The van der Waals surface area contributed by atoms with Gasteiger partial charge in [0.2, 0.25) is 0 Å². The van der Waals surface area contributed by atoms with Crippen LogP contribution in [0.4, 0.5) is 0 Å². The van der Waals surface area contributed by atoms with E-state index in [0.717, 1.165) is 30.8 Å². The molecule has 1 atom stereocenters. The van der Waals surface area contributed by atoms with Crippen LogP contribution < -0.4 is 0 Å². The van der Waals surface area contributed by atoms with Gasteiger partial charge in [0.25, 0.3) is 0 Å². The summed E-state index contributed by atoms with van der Waals surface area (Å²) in [5.74, 6) is 2.05. The number of rotatable bonds is 5.